The zero-order valence-corrected chi connectivity index (χ0v) is 10.3. The molecule has 1 unspecified atom stereocenters. The standard InChI is InChI=1S/C14H18N2O2/c15-16-7-5-14(6-8-16)9-11(13(17)18)10-3-1-2-4-12(10)14/h1-4,11H,5-9,15H2,(H,17,18). The van der Waals surface area contributed by atoms with Crippen LogP contribution in [0.15, 0.2) is 24.3 Å². The van der Waals surface area contributed by atoms with E-state index in [1.807, 2.05) is 23.2 Å². The summed E-state index contributed by atoms with van der Waals surface area (Å²) in [5.41, 5.74) is 2.29. The van der Waals surface area contributed by atoms with Crippen LogP contribution >= 0.6 is 0 Å². The summed E-state index contributed by atoms with van der Waals surface area (Å²) in [5.74, 6) is 4.78. The first-order valence-electron chi connectivity index (χ1n) is 6.44. The number of rotatable bonds is 1. The molecule has 1 atom stereocenters. The molecule has 0 saturated carbocycles. The Balaban J connectivity index is 2.02. The summed E-state index contributed by atoms with van der Waals surface area (Å²) in [6.45, 7) is 1.70. The lowest BCUT2D eigenvalue weighted by Gasteiger charge is -2.38. The largest absolute Gasteiger partial charge is 0.481 e. The summed E-state index contributed by atoms with van der Waals surface area (Å²) in [7, 11) is 0. The van der Waals surface area contributed by atoms with E-state index in [0.717, 1.165) is 37.9 Å². The summed E-state index contributed by atoms with van der Waals surface area (Å²) in [6.07, 6.45) is 2.66. The third-order valence-corrected chi connectivity index (χ3v) is 4.56. The minimum absolute atomic E-state index is 0.0372. The Hall–Kier alpha value is -1.39. The number of piperidine rings is 1. The van der Waals surface area contributed by atoms with E-state index in [4.69, 9.17) is 5.84 Å². The number of nitrogens with zero attached hydrogens (tertiary/aromatic N) is 1. The van der Waals surface area contributed by atoms with E-state index in [2.05, 4.69) is 6.07 Å². The molecule has 0 aromatic heterocycles. The van der Waals surface area contributed by atoms with Crippen LogP contribution in [-0.2, 0) is 10.2 Å². The maximum absolute atomic E-state index is 11.4. The van der Waals surface area contributed by atoms with Gasteiger partial charge in [-0.15, -0.1) is 0 Å². The van der Waals surface area contributed by atoms with Gasteiger partial charge in [0.15, 0.2) is 0 Å². The molecule has 1 aromatic carbocycles. The molecular formula is C14H18N2O2. The van der Waals surface area contributed by atoms with Crippen molar-refractivity contribution in [2.45, 2.75) is 30.6 Å². The SMILES string of the molecule is NN1CCC2(CC1)CC(C(=O)O)c1ccccc12. The summed E-state index contributed by atoms with van der Waals surface area (Å²) in [5, 5.41) is 11.2. The van der Waals surface area contributed by atoms with Gasteiger partial charge in [0.25, 0.3) is 0 Å². The molecule has 1 aliphatic heterocycles. The van der Waals surface area contributed by atoms with E-state index < -0.39 is 5.97 Å². The van der Waals surface area contributed by atoms with Crippen molar-refractivity contribution in [2.24, 2.45) is 5.84 Å². The number of carboxylic acid groups (broad SMARTS) is 1. The average Bonchev–Trinajstić information content (AvgIpc) is 2.69. The molecule has 1 fully saturated rings. The molecule has 1 heterocycles. The molecule has 1 aliphatic carbocycles. The van der Waals surface area contributed by atoms with Crippen LogP contribution in [0.1, 0.15) is 36.3 Å². The van der Waals surface area contributed by atoms with Crippen molar-refractivity contribution in [2.75, 3.05) is 13.1 Å². The Kier molecular flexibility index (Phi) is 2.64. The van der Waals surface area contributed by atoms with Crippen LogP contribution in [-0.4, -0.2) is 29.2 Å². The average molecular weight is 246 g/mol. The minimum atomic E-state index is -0.700. The first-order valence-corrected chi connectivity index (χ1v) is 6.44. The maximum Gasteiger partial charge on any atom is 0.311 e. The Morgan fingerprint density at radius 2 is 2.00 bits per heavy atom. The van der Waals surface area contributed by atoms with Gasteiger partial charge in [0, 0.05) is 13.1 Å². The topological polar surface area (TPSA) is 66.6 Å². The van der Waals surface area contributed by atoms with Crippen LogP contribution in [0.25, 0.3) is 0 Å². The van der Waals surface area contributed by atoms with Gasteiger partial charge in [-0.25, -0.2) is 5.01 Å². The fraction of sp³-hybridized carbons (Fsp3) is 0.500. The molecule has 1 aromatic rings. The van der Waals surface area contributed by atoms with Gasteiger partial charge < -0.3 is 5.11 Å². The summed E-state index contributed by atoms with van der Waals surface area (Å²) in [4.78, 5) is 11.4. The van der Waals surface area contributed by atoms with Gasteiger partial charge in [0.2, 0.25) is 0 Å². The second kappa shape index (κ2) is 4.07. The van der Waals surface area contributed by atoms with Crippen LogP contribution in [0.5, 0.6) is 0 Å². The number of hydrogen-bond donors (Lipinski definition) is 2. The van der Waals surface area contributed by atoms with Gasteiger partial charge in [0.05, 0.1) is 5.92 Å². The molecule has 3 N–H and O–H groups in total. The molecule has 3 rings (SSSR count). The highest BCUT2D eigenvalue weighted by atomic mass is 16.4. The van der Waals surface area contributed by atoms with Crippen LogP contribution in [0.4, 0.5) is 0 Å². The smallest absolute Gasteiger partial charge is 0.311 e. The highest BCUT2D eigenvalue weighted by molar-refractivity contribution is 5.78. The molecule has 0 bridgehead atoms. The van der Waals surface area contributed by atoms with E-state index in [1.54, 1.807) is 0 Å². The molecule has 0 radical (unpaired) electrons. The van der Waals surface area contributed by atoms with Crippen molar-refractivity contribution in [1.82, 2.24) is 5.01 Å². The van der Waals surface area contributed by atoms with Crippen LogP contribution in [0, 0.1) is 0 Å². The lowest BCUT2D eigenvalue weighted by atomic mass is 9.73. The van der Waals surface area contributed by atoms with Gasteiger partial charge >= 0.3 is 5.97 Å². The van der Waals surface area contributed by atoms with Crippen molar-refractivity contribution >= 4 is 5.97 Å². The highest BCUT2D eigenvalue weighted by Crippen LogP contribution is 2.51. The Bertz CT molecular complexity index is 478. The molecule has 96 valence electrons. The molecule has 2 aliphatic rings. The normalized spacial score (nSPS) is 26.2. The van der Waals surface area contributed by atoms with Crippen LogP contribution in [0.2, 0.25) is 0 Å². The fourth-order valence-corrected chi connectivity index (χ4v) is 3.54. The van der Waals surface area contributed by atoms with Crippen LogP contribution in [0.3, 0.4) is 0 Å². The monoisotopic (exact) mass is 246 g/mol. The van der Waals surface area contributed by atoms with Gasteiger partial charge in [-0.1, -0.05) is 24.3 Å². The molecular weight excluding hydrogens is 228 g/mol. The number of nitrogens with two attached hydrogens (primary N) is 1. The molecule has 4 nitrogen and oxygen atoms in total. The Morgan fingerprint density at radius 1 is 1.33 bits per heavy atom. The number of hydrazine groups is 1. The third-order valence-electron chi connectivity index (χ3n) is 4.56. The number of aliphatic carboxylic acids is 1. The maximum atomic E-state index is 11.4. The highest BCUT2D eigenvalue weighted by Gasteiger charge is 2.47. The summed E-state index contributed by atoms with van der Waals surface area (Å²) < 4.78 is 0. The van der Waals surface area contributed by atoms with E-state index in [1.165, 1.54) is 5.56 Å². The second-order valence-corrected chi connectivity index (χ2v) is 5.50. The number of benzene rings is 1. The lowest BCUT2D eigenvalue weighted by Crippen LogP contribution is -2.45. The molecule has 0 amide bonds. The van der Waals surface area contributed by atoms with Gasteiger partial charge in [-0.2, -0.15) is 0 Å². The fourth-order valence-electron chi connectivity index (χ4n) is 3.54. The van der Waals surface area contributed by atoms with E-state index in [0.29, 0.717) is 0 Å². The van der Waals surface area contributed by atoms with Crippen molar-refractivity contribution in [3.05, 3.63) is 35.4 Å². The molecule has 4 heteroatoms. The van der Waals surface area contributed by atoms with Gasteiger partial charge in [0.1, 0.15) is 0 Å². The van der Waals surface area contributed by atoms with E-state index in [-0.39, 0.29) is 11.3 Å². The quantitative estimate of drug-likeness (QED) is 0.736. The van der Waals surface area contributed by atoms with E-state index in [9.17, 15) is 9.90 Å². The zero-order chi connectivity index (χ0) is 12.8. The van der Waals surface area contributed by atoms with Crippen molar-refractivity contribution < 1.29 is 9.90 Å². The molecule has 1 spiro atoms. The van der Waals surface area contributed by atoms with Gasteiger partial charge in [-0.3, -0.25) is 10.6 Å². The summed E-state index contributed by atoms with van der Waals surface area (Å²) >= 11 is 0. The van der Waals surface area contributed by atoms with Crippen molar-refractivity contribution in [3.8, 4) is 0 Å². The molecule has 18 heavy (non-hydrogen) atoms. The van der Waals surface area contributed by atoms with Crippen molar-refractivity contribution in [1.29, 1.82) is 0 Å². The first kappa shape index (κ1) is 11.7. The lowest BCUT2D eigenvalue weighted by molar-refractivity contribution is -0.139. The second-order valence-electron chi connectivity index (χ2n) is 5.50. The third kappa shape index (κ3) is 1.64. The number of carbonyl (C=O) groups is 1. The molecule has 1 saturated heterocycles. The zero-order valence-electron chi connectivity index (χ0n) is 10.3. The Morgan fingerprint density at radius 3 is 2.67 bits per heavy atom. The van der Waals surface area contributed by atoms with Gasteiger partial charge in [-0.05, 0) is 35.8 Å². The van der Waals surface area contributed by atoms with Crippen LogP contribution < -0.4 is 5.84 Å². The Labute approximate surface area is 106 Å². The summed E-state index contributed by atoms with van der Waals surface area (Å²) in [6, 6.07) is 8.02. The first-order chi connectivity index (χ1) is 8.62. The number of carboxylic acids is 1. The minimum Gasteiger partial charge on any atom is -0.481 e. The number of fused-ring (bicyclic) bond motifs is 2. The predicted molar refractivity (Wildman–Crippen MR) is 68.1 cm³/mol. The number of hydrogen-bond acceptors (Lipinski definition) is 3. The van der Waals surface area contributed by atoms with E-state index >= 15 is 0 Å². The van der Waals surface area contributed by atoms with Crippen molar-refractivity contribution in [3.63, 3.8) is 0 Å². The predicted octanol–water partition coefficient (Wildman–Crippen LogP) is 1.47.